The predicted molar refractivity (Wildman–Crippen MR) is 112 cm³/mol. The van der Waals surface area contributed by atoms with E-state index in [0.29, 0.717) is 17.7 Å². The number of aryl methyl sites for hydroxylation is 2. The molecule has 1 aliphatic carbocycles. The van der Waals surface area contributed by atoms with Crippen LogP contribution in [0.4, 0.5) is 4.39 Å². The number of esters is 1. The van der Waals surface area contributed by atoms with Crippen molar-refractivity contribution in [1.82, 2.24) is 4.31 Å². The molecule has 0 N–H and O–H groups in total. The van der Waals surface area contributed by atoms with Gasteiger partial charge in [-0.15, -0.1) is 0 Å². The molecule has 0 amide bonds. The molecule has 1 saturated heterocycles. The molecule has 0 atom stereocenters. The van der Waals surface area contributed by atoms with Crippen molar-refractivity contribution < 1.29 is 27.1 Å². The minimum absolute atomic E-state index is 0.227. The van der Waals surface area contributed by atoms with Gasteiger partial charge in [0.25, 0.3) is 0 Å². The third-order valence-electron chi connectivity index (χ3n) is 6.01. The molecule has 2 aromatic carbocycles. The normalized spacial score (nSPS) is 17.3. The van der Waals surface area contributed by atoms with Crippen LogP contribution in [-0.2, 0) is 32.4 Å². The maximum atomic E-state index is 13.0. The lowest BCUT2D eigenvalue weighted by atomic mass is 9.98. The van der Waals surface area contributed by atoms with E-state index in [1.165, 1.54) is 34.1 Å². The molecule has 2 aromatic rings. The highest BCUT2D eigenvalue weighted by molar-refractivity contribution is 7.89. The molecule has 2 aliphatic rings. The number of carbonyl (C=O) groups is 2. The zero-order chi connectivity index (χ0) is 22.0. The Morgan fingerprint density at radius 3 is 2.39 bits per heavy atom. The van der Waals surface area contributed by atoms with Gasteiger partial charge in [0.2, 0.25) is 10.0 Å². The van der Waals surface area contributed by atoms with Gasteiger partial charge < -0.3 is 4.74 Å². The summed E-state index contributed by atoms with van der Waals surface area (Å²) >= 11 is 0. The zero-order valence-electron chi connectivity index (χ0n) is 17.1. The van der Waals surface area contributed by atoms with Crippen molar-refractivity contribution in [3.8, 4) is 0 Å². The van der Waals surface area contributed by atoms with E-state index in [-0.39, 0.29) is 18.7 Å². The second-order valence-corrected chi connectivity index (χ2v) is 9.94. The number of ketones is 1. The van der Waals surface area contributed by atoms with E-state index >= 15 is 0 Å². The van der Waals surface area contributed by atoms with Crippen molar-refractivity contribution in [2.45, 2.75) is 37.0 Å². The Morgan fingerprint density at radius 2 is 1.68 bits per heavy atom. The first-order valence-electron chi connectivity index (χ1n) is 10.4. The van der Waals surface area contributed by atoms with Crippen molar-refractivity contribution in [3.05, 3.63) is 65.0 Å². The molecule has 0 radical (unpaired) electrons. The molecule has 0 unspecified atom stereocenters. The van der Waals surface area contributed by atoms with Gasteiger partial charge in [-0.1, -0.05) is 6.07 Å². The molecule has 0 aromatic heterocycles. The number of hydrogen-bond donors (Lipinski definition) is 0. The van der Waals surface area contributed by atoms with Crippen LogP contribution in [0.2, 0.25) is 0 Å². The van der Waals surface area contributed by atoms with Crippen LogP contribution in [-0.4, -0.2) is 44.2 Å². The maximum Gasteiger partial charge on any atom is 0.309 e. The standard InChI is InChI=1S/C23H24FNO5S/c24-20-7-4-17(5-8-20)22(26)15-30-23(27)18-10-12-25(13-11-18)31(28,29)21-9-6-16-2-1-3-19(16)14-21/h4-9,14,18H,1-3,10-13,15H2. The number of hydrogen-bond acceptors (Lipinski definition) is 5. The molecule has 1 aliphatic heterocycles. The molecular formula is C23H24FNO5S. The van der Waals surface area contributed by atoms with Crippen molar-refractivity contribution in [2.75, 3.05) is 19.7 Å². The van der Waals surface area contributed by atoms with Crippen LogP contribution in [0.1, 0.15) is 40.7 Å². The predicted octanol–water partition coefficient (Wildman–Crippen LogP) is 3.14. The van der Waals surface area contributed by atoms with Gasteiger partial charge in [-0.2, -0.15) is 4.31 Å². The maximum absolute atomic E-state index is 13.0. The van der Waals surface area contributed by atoms with Crippen molar-refractivity contribution in [3.63, 3.8) is 0 Å². The summed E-state index contributed by atoms with van der Waals surface area (Å²) in [5.41, 5.74) is 2.59. The van der Waals surface area contributed by atoms with Gasteiger partial charge >= 0.3 is 5.97 Å². The van der Waals surface area contributed by atoms with Crippen molar-refractivity contribution in [1.29, 1.82) is 0 Å². The minimum atomic E-state index is -3.60. The highest BCUT2D eigenvalue weighted by Crippen LogP contribution is 2.29. The Kier molecular flexibility index (Phi) is 6.20. The molecule has 1 fully saturated rings. The Hall–Kier alpha value is -2.58. The van der Waals surface area contributed by atoms with E-state index < -0.39 is 40.1 Å². The average Bonchev–Trinajstić information content (AvgIpc) is 3.26. The van der Waals surface area contributed by atoms with Crippen molar-refractivity contribution >= 4 is 21.8 Å². The summed E-state index contributed by atoms with van der Waals surface area (Å²) in [6, 6.07) is 10.4. The van der Waals surface area contributed by atoms with Gasteiger partial charge in [-0.25, -0.2) is 12.8 Å². The second kappa shape index (κ2) is 8.88. The largest absolute Gasteiger partial charge is 0.457 e. The summed E-state index contributed by atoms with van der Waals surface area (Å²) < 4.78 is 45.5. The van der Waals surface area contributed by atoms with Gasteiger partial charge in [0.1, 0.15) is 5.82 Å². The summed E-state index contributed by atoms with van der Waals surface area (Å²) in [7, 11) is -3.60. The first-order valence-corrected chi connectivity index (χ1v) is 11.9. The van der Waals surface area contributed by atoms with Gasteiger partial charge in [-0.05, 0) is 79.6 Å². The Balaban J connectivity index is 1.31. The van der Waals surface area contributed by atoms with E-state index in [1.807, 2.05) is 6.07 Å². The lowest BCUT2D eigenvalue weighted by Gasteiger charge is -2.30. The van der Waals surface area contributed by atoms with Crippen LogP contribution < -0.4 is 0 Å². The van der Waals surface area contributed by atoms with Crippen molar-refractivity contribution in [2.24, 2.45) is 5.92 Å². The van der Waals surface area contributed by atoms with Crippen LogP contribution in [0.5, 0.6) is 0 Å². The molecule has 0 spiro atoms. The van der Waals surface area contributed by atoms with Gasteiger partial charge in [0.15, 0.2) is 12.4 Å². The summed E-state index contributed by atoms with van der Waals surface area (Å²) in [6.07, 6.45) is 3.63. The lowest BCUT2D eigenvalue weighted by Crippen LogP contribution is -2.40. The Bertz CT molecular complexity index is 1090. The Morgan fingerprint density at radius 1 is 1.00 bits per heavy atom. The van der Waals surface area contributed by atoms with Gasteiger partial charge in [0.05, 0.1) is 10.8 Å². The minimum Gasteiger partial charge on any atom is -0.457 e. The molecule has 1 heterocycles. The fraction of sp³-hybridized carbons (Fsp3) is 0.391. The number of fused-ring (bicyclic) bond motifs is 1. The van der Waals surface area contributed by atoms with Crippen LogP contribution in [0.15, 0.2) is 47.4 Å². The van der Waals surface area contributed by atoms with E-state index in [1.54, 1.807) is 12.1 Å². The summed E-state index contributed by atoms with van der Waals surface area (Å²) in [5.74, 6) is -1.82. The van der Waals surface area contributed by atoms with E-state index in [2.05, 4.69) is 0 Å². The molecule has 31 heavy (non-hydrogen) atoms. The number of rotatable bonds is 6. The zero-order valence-corrected chi connectivity index (χ0v) is 17.9. The van der Waals surface area contributed by atoms with Crippen LogP contribution >= 0.6 is 0 Å². The topological polar surface area (TPSA) is 80.8 Å². The van der Waals surface area contributed by atoms with E-state index in [0.717, 1.165) is 24.8 Å². The quantitative estimate of drug-likeness (QED) is 0.504. The van der Waals surface area contributed by atoms with Crippen LogP contribution in [0.3, 0.4) is 0 Å². The number of sulfonamides is 1. The highest BCUT2D eigenvalue weighted by atomic mass is 32.2. The first-order chi connectivity index (χ1) is 14.8. The smallest absolute Gasteiger partial charge is 0.309 e. The summed E-state index contributed by atoms with van der Waals surface area (Å²) in [6.45, 7) is 0.0360. The van der Waals surface area contributed by atoms with Crippen LogP contribution in [0.25, 0.3) is 0 Å². The highest BCUT2D eigenvalue weighted by Gasteiger charge is 2.33. The molecule has 8 heteroatoms. The van der Waals surface area contributed by atoms with Gasteiger partial charge in [-0.3, -0.25) is 9.59 Å². The number of piperidine rings is 1. The van der Waals surface area contributed by atoms with Crippen LogP contribution in [0, 0.1) is 11.7 Å². The molecule has 0 saturated carbocycles. The molecule has 6 nitrogen and oxygen atoms in total. The number of carbonyl (C=O) groups excluding carboxylic acids is 2. The Labute approximate surface area is 181 Å². The fourth-order valence-corrected chi connectivity index (χ4v) is 5.68. The summed E-state index contributed by atoms with van der Waals surface area (Å²) in [4.78, 5) is 24.7. The molecule has 4 rings (SSSR count). The number of ether oxygens (including phenoxy) is 1. The SMILES string of the molecule is O=C(COC(=O)C1CCN(S(=O)(=O)c2ccc3c(c2)CCC3)CC1)c1ccc(F)cc1. The second-order valence-electron chi connectivity index (χ2n) is 8.00. The van der Waals surface area contributed by atoms with E-state index in [4.69, 9.17) is 4.74 Å². The third-order valence-corrected chi connectivity index (χ3v) is 7.90. The monoisotopic (exact) mass is 445 g/mol. The van der Waals surface area contributed by atoms with Gasteiger partial charge in [0, 0.05) is 18.7 Å². The molecular weight excluding hydrogens is 421 g/mol. The third kappa shape index (κ3) is 4.70. The average molecular weight is 446 g/mol. The summed E-state index contributed by atoms with van der Waals surface area (Å²) in [5, 5.41) is 0. The number of benzene rings is 2. The molecule has 0 bridgehead atoms. The lowest BCUT2D eigenvalue weighted by molar-refractivity contribution is -0.148. The first kappa shape index (κ1) is 21.6. The van der Waals surface area contributed by atoms with E-state index in [9.17, 15) is 22.4 Å². The number of nitrogens with zero attached hydrogens (tertiary/aromatic N) is 1. The number of halogens is 1. The fourth-order valence-electron chi connectivity index (χ4n) is 4.16. The molecule has 164 valence electrons. The number of Topliss-reactive ketones (excluding diaryl/α,β-unsaturated/α-hetero) is 1.